The molecule has 0 aromatic heterocycles. The van der Waals surface area contributed by atoms with Crippen molar-refractivity contribution in [3.63, 3.8) is 0 Å². The van der Waals surface area contributed by atoms with Gasteiger partial charge >= 0.3 is 30.2 Å². The standard InChI is InChI=1S/C9H4F10O4/c10-3(4(11)7(12,13)14)1-22-6(2-21-5(20)23-6)8(15,16)9(17,18)19/h1-2H2. The molecule has 4 nitrogen and oxygen atoms in total. The fourth-order valence-electron chi connectivity index (χ4n) is 1.28. The van der Waals surface area contributed by atoms with Crippen molar-refractivity contribution in [1.29, 1.82) is 0 Å². The molecule has 1 unspecified atom stereocenters. The Bertz CT molecular complexity index is 507. The molecule has 1 heterocycles. The van der Waals surface area contributed by atoms with Gasteiger partial charge in [-0.2, -0.15) is 39.5 Å². The van der Waals surface area contributed by atoms with Gasteiger partial charge in [-0.25, -0.2) is 9.18 Å². The van der Waals surface area contributed by atoms with Gasteiger partial charge < -0.3 is 14.2 Å². The van der Waals surface area contributed by atoms with Crippen LogP contribution in [0.4, 0.5) is 48.7 Å². The summed E-state index contributed by atoms with van der Waals surface area (Å²) in [7, 11) is 0. The summed E-state index contributed by atoms with van der Waals surface area (Å²) in [5.41, 5.74) is 0. The van der Waals surface area contributed by atoms with E-state index in [0.717, 1.165) is 0 Å². The zero-order valence-corrected chi connectivity index (χ0v) is 10.3. The van der Waals surface area contributed by atoms with E-state index in [9.17, 15) is 48.7 Å². The van der Waals surface area contributed by atoms with Gasteiger partial charge in [0, 0.05) is 0 Å². The van der Waals surface area contributed by atoms with Crippen molar-refractivity contribution in [3.8, 4) is 0 Å². The predicted octanol–water partition coefficient (Wildman–Crippen LogP) is 3.78. The van der Waals surface area contributed by atoms with Crippen LogP contribution in [0.5, 0.6) is 0 Å². The fraction of sp³-hybridized carbons (Fsp3) is 0.667. The number of hydrogen-bond acceptors (Lipinski definition) is 4. The Balaban J connectivity index is 3.10. The minimum atomic E-state index is -6.40. The maximum Gasteiger partial charge on any atom is 0.511 e. The lowest BCUT2D eigenvalue weighted by Gasteiger charge is -2.33. The first-order valence-corrected chi connectivity index (χ1v) is 5.19. The van der Waals surface area contributed by atoms with E-state index in [1.165, 1.54) is 0 Å². The number of carbonyl (C=O) groups excluding carboxylic acids is 1. The predicted molar refractivity (Wildman–Crippen MR) is 47.4 cm³/mol. The third-order valence-corrected chi connectivity index (χ3v) is 2.38. The lowest BCUT2D eigenvalue weighted by molar-refractivity contribution is -0.392. The van der Waals surface area contributed by atoms with Crippen LogP contribution in [0, 0.1) is 0 Å². The number of hydrogen-bond donors (Lipinski definition) is 0. The number of alkyl halides is 8. The normalized spacial score (nSPS) is 24.2. The van der Waals surface area contributed by atoms with Gasteiger partial charge in [-0.05, 0) is 0 Å². The summed E-state index contributed by atoms with van der Waals surface area (Å²) in [5, 5.41) is 0. The molecule has 1 saturated heterocycles. The minimum absolute atomic E-state index is 1.92. The van der Waals surface area contributed by atoms with Crippen molar-refractivity contribution >= 4 is 6.16 Å². The highest BCUT2D eigenvalue weighted by Crippen LogP contribution is 2.48. The average molecular weight is 366 g/mol. The summed E-state index contributed by atoms with van der Waals surface area (Å²) in [6.07, 6.45) is -14.3. The molecule has 0 spiro atoms. The lowest BCUT2D eigenvalue weighted by Crippen LogP contribution is -2.60. The zero-order chi connectivity index (χ0) is 18.3. The molecule has 0 N–H and O–H groups in total. The third-order valence-electron chi connectivity index (χ3n) is 2.38. The van der Waals surface area contributed by atoms with E-state index in [0.29, 0.717) is 0 Å². The first-order chi connectivity index (χ1) is 10.1. The molecule has 0 bridgehead atoms. The van der Waals surface area contributed by atoms with Gasteiger partial charge in [0.05, 0.1) is 0 Å². The molecule has 1 fully saturated rings. The van der Waals surface area contributed by atoms with Gasteiger partial charge in [-0.3, -0.25) is 0 Å². The van der Waals surface area contributed by atoms with E-state index in [4.69, 9.17) is 0 Å². The Morgan fingerprint density at radius 2 is 1.61 bits per heavy atom. The Labute approximate surface area is 119 Å². The SMILES string of the molecule is O=C1OCC(OCC(F)=C(F)C(F)(F)F)(C(F)(F)C(F)(F)F)O1. The fourth-order valence-corrected chi connectivity index (χ4v) is 1.28. The van der Waals surface area contributed by atoms with Gasteiger partial charge in [-0.1, -0.05) is 0 Å². The minimum Gasteiger partial charge on any atom is -0.427 e. The quantitative estimate of drug-likeness (QED) is 0.561. The maximum absolute atomic E-state index is 13.3. The molecule has 1 aliphatic rings. The van der Waals surface area contributed by atoms with Crippen LogP contribution >= 0.6 is 0 Å². The summed E-state index contributed by atoms with van der Waals surface area (Å²) in [6.45, 7) is -4.24. The van der Waals surface area contributed by atoms with Crippen LogP contribution in [0.1, 0.15) is 0 Å². The van der Waals surface area contributed by atoms with E-state index in [2.05, 4.69) is 14.2 Å². The molecule has 1 aliphatic heterocycles. The van der Waals surface area contributed by atoms with E-state index in [1.54, 1.807) is 0 Å². The molecule has 0 aromatic carbocycles. The largest absolute Gasteiger partial charge is 0.511 e. The van der Waals surface area contributed by atoms with Gasteiger partial charge in [0.1, 0.15) is 6.61 Å². The van der Waals surface area contributed by atoms with Crippen LogP contribution in [0.25, 0.3) is 0 Å². The monoisotopic (exact) mass is 366 g/mol. The maximum atomic E-state index is 13.3. The first-order valence-electron chi connectivity index (χ1n) is 5.19. The van der Waals surface area contributed by atoms with Gasteiger partial charge in [0.2, 0.25) is 5.83 Å². The Morgan fingerprint density at radius 3 is 1.96 bits per heavy atom. The van der Waals surface area contributed by atoms with E-state index < -0.39 is 55.1 Å². The highest BCUT2D eigenvalue weighted by Gasteiger charge is 2.76. The molecular formula is C9H4F10O4. The molecule has 0 aliphatic carbocycles. The molecule has 1 rings (SSSR count). The van der Waals surface area contributed by atoms with Crippen molar-refractivity contribution < 1.29 is 62.9 Å². The highest BCUT2D eigenvalue weighted by atomic mass is 19.4. The van der Waals surface area contributed by atoms with Crippen LogP contribution in [0.3, 0.4) is 0 Å². The second kappa shape index (κ2) is 5.72. The van der Waals surface area contributed by atoms with Gasteiger partial charge in [0.15, 0.2) is 12.4 Å². The topological polar surface area (TPSA) is 44.8 Å². The third kappa shape index (κ3) is 3.61. The van der Waals surface area contributed by atoms with Crippen molar-refractivity contribution in [2.75, 3.05) is 13.2 Å². The zero-order valence-electron chi connectivity index (χ0n) is 10.3. The molecule has 134 valence electrons. The summed E-state index contributed by atoms with van der Waals surface area (Å²) >= 11 is 0. The number of cyclic esters (lactones) is 2. The molecule has 14 heteroatoms. The van der Waals surface area contributed by atoms with Crippen molar-refractivity contribution in [1.82, 2.24) is 0 Å². The molecule has 0 aromatic rings. The second-order valence-electron chi connectivity index (χ2n) is 3.97. The number of halogens is 10. The summed E-state index contributed by atoms with van der Waals surface area (Å²) in [5.74, 6) is -16.5. The average Bonchev–Trinajstić information content (AvgIpc) is 2.76. The second-order valence-corrected chi connectivity index (χ2v) is 3.97. The lowest BCUT2D eigenvalue weighted by atomic mass is 10.1. The Kier molecular flexibility index (Phi) is 4.81. The molecular weight excluding hydrogens is 362 g/mol. The van der Waals surface area contributed by atoms with E-state index in [1.807, 2.05) is 0 Å². The van der Waals surface area contributed by atoms with Gasteiger partial charge in [0.25, 0.3) is 0 Å². The first kappa shape index (κ1) is 19.3. The summed E-state index contributed by atoms with van der Waals surface area (Å²) in [6, 6.07) is 0. The van der Waals surface area contributed by atoms with Crippen molar-refractivity contribution in [3.05, 3.63) is 11.7 Å². The summed E-state index contributed by atoms with van der Waals surface area (Å²) in [4.78, 5) is 10.6. The number of allylic oxidation sites excluding steroid dienone is 1. The molecule has 1 atom stereocenters. The Hall–Kier alpha value is -1.73. The van der Waals surface area contributed by atoms with Crippen LogP contribution in [-0.4, -0.2) is 43.4 Å². The van der Waals surface area contributed by atoms with E-state index in [-0.39, 0.29) is 0 Å². The highest BCUT2D eigenvalue weighted by molar-refractivity contribution is 5.62. The van der Waals surface area contributed by atoms with Crippen molar-refractivity contribution in [2.24, 2.45) is 0 Å². The number of ether oxygens (including phenoxy) is 3. The van der Waals surface area contributed by atoms with Crippen LogP contribution < -0.4 is 0 Å². The molecule has 0 saturated carbocycles. The number of rotatable bonds is 4. The Morgan fingerprint density at radius 1 is 1.09 bits per heavy atom. The van der Waals surface area contributed by atoms with Crippen LogP contribution in [0.2, 0.25) is 0 Å². The van der Waals surface area contributed by atoms with E-state index >= 15 is 0 Å². The number of carbonyl (C=O) groups is 1. The van der Waals surface area contributed by atoms with Crippen LogP contribution in [-0.2, 0) is 14.2 Å². The van der Waals surface area contributed by atoms with Gasteiger partial charge in [-0.15, -0.1) is 0 Å². The van der Waals surface area contributed by atoms with Crippen LogP contribution in [0.15, 0.2) is 11.7 Å². The molecule has 0 amide bonds. The molecule has 23 heavy (non-hydrogen) atoms. The smallest absolute Gasteiger partial charge is 0.427 e. The molecule has 0 radical (unpaired) electrons. The van der Waals surface area contributed by atoms with Crippen molar-refractivity contribution in [2.45, 2.75) is 24.1 Å². The summed E-state index contributed by atoms with van der Waals surface area (Å²) < 4.78 is 135.